The molecule has 18 heavy (non-hydrogen) atoms. The second-order valence-corrected chi connectivity index (χ2v) is 6.26. The summed E-state index contributed by atoms with van der Waals surface area (Å²) in [5.74, 6) is 0.00282. The van der Waals surface area contributed by atoms with E-state index in [-0.39, 0.29) is 0 Å². The van der Waals surface area contributed by atoms with Crippen LogP contribution in [0.4, 0.5) is 0 Å². The summed E-state index contributed by atoms with van der Waals surface area (Å²) in [5.41, 5.74) is 2.38. The number of fused-ring (bicyclic) bond motifs is 1. The van der Waals surface area contributed by atoms with Gasteiger partial charge in [0, 0.05) is 5.92 Å². The van der Waals surface area contributed by atoms with Gasteiger partial charge in [0.1, 0.15) is 0 Å². The number of hydrogen-bond acceptors (Lipinski definition) is 3. The van der Waals surface area contributed by atoms with Crippen LogP contribution in [0.3, 0.4) is 0 Å². The van der Waals surface area contributed by atoms with E-state index in [0.717, 1.165) is 33.6 Å². The first-order chi connectivity index (χ1) is 8.56. The third-order valence-corrected chi connectivity index (χ3v) is 4.64. The van der Waals surface area contributed by atoms with Crippen LogP contribution >= 0.6 is 11.3 Å². The number of hydrogen-bond donors (Lipinski definition) is 1. The lowest BCUT2D eigenvalue weighted by Gasteiger charge is -2.03. The molecular formula is C14H15NO2S. The van der Waals surface area contributed by atoms with Crippen molar-refractivity contribution in [3.63, 3.8) is 0 Å². The van der Waals surface area contributed by atoms with Crippen LogP contribution < -0.4 is 0 Å². The molecule has 1 saturated carbocycles. The average molecular weight is 261 g/mol. The van der Waals surface area contributed by atoms with Crippen molar-refractivity contribution >= 4 is 27.5 Å². The van der Waals surface area contributed by atoms with Crippen LogP contribution in [0.2, 0.25) is 0 Å². The summed E-state index contributed by atoms with van der Waals surface area (Å²) in [5, 5.41) is 10.4. The largest absolute Gasteiger partial charge is 0.478 e. The van der Waals surface area contributed by atoms with Crippen molar-refractivity contribution in [1.82, 2.24) is 4.98 Å². The highest BCUT2D eigenvalue weighted by molar-refractivity contribution is 7.18. The van der Waals surface area contributed by atoms with Gasteiger partial charge in [-0.3, -0.25) is 0 Å². The first-order valence-electron chi connectivity index (χ1n) is 6.24. The fourth-order valence-corrected chi connectivity index (χ4v) is 3.16. The van der Waals surface area contributed by atoms with Gasteiger partial charge in [-0.1, -0.05) is 13.8 Å². The maximum absolute atomic E-state index is 11.3. The number of carboxylic acids is 1. The number of benzene rings is 1. The van der Waals surface area contributed by atoms with Gasteiger partial charge in [-0.05, 0) is 36.5 Å². The van der Waals surface area contributed by atoms with Gasteiger partial charge in [0.15, 0.2) is 0 Å². The maximum atomic E-state index is 11.3. The summed E-state index contributed by atoms with van der Waals surface area (Å²) < 4.78 is 0.987. The van der Waals surface area contributed by atoms with E-state index in [1.165, 1.54) is 0 Å². The van der Waals surface area contributed by atoms with E-state index in [1.807, 2.05) is 6.07 Å². The van der Waals surface area contributed by atoms with Crippen LogP contribution in [0.25, 0.3) is 10.2 Å². The minimum atomic E-state index is -0.821. The van der Waals surface area contributed by atoms with Crippen molar-refractivity contribution in [1.29, 1.82) is 0 Å². The predicted octanol–water partition coefficient (Wildman–Crippen LogP) is 4.00. The van der Waals surface area contributed by atoms with E-state index < -0.39 is 5.97 Å². The summed E-state index contributed by atoms with van der Waals surface area (Å²) >= 11 is 1.60. The number of carboxylic acid groups (broad SMARTS) is 1. The number of carbonyl (C=O) groups is 1. The summed E-state index contributed by atoms with van der Waals surface area (Å²) in [6, 6.07) is 3.79. The van der Waals surface area contributed by atoms with Gasteiger partial charge in [-0.15, -0.1) is 11.3 Å². The van der Waals surface area contributed by atoms with Gasteiger partial charge < -0.3 is 5.11 Å². The molecule has 1 N–H and O–H groups in total. The molecule has 1 heterocycles. The molecule has 0 spiro atoms. The Kier molecular flexibility index (Phi) is 2.63. The van der Waals surface area contributed by atoms with E-state index in [4.69, 9.17) is 0 Å². The Hall–Kier alpha value is -1.42. The van der Waals surface area contributed by atoms with Gasteiger partial charge in [0.2, 0.25) is 0 Å². The van der Waals surface area contributed by atoms with E-state index in [2.05, 4.69) is 18.8 Å². The van der Waals surface area contributed by atoms with E-state index in [1.54, 1.807) is 17.4 Å². The third-order valence-electron chi connectivity index (χ3n) is 3.32. The monoisotopic (exact) mass is 261 g/mol. The highest BCUT2D eigenvalue weighted by Gasteiger charge is 2.29. The number of nitrogens with zero attached hydrogens (tertiary/aromatic N) is 1. The molecule has 0 unspecified atom stereocenters. The zero-order chi connectivity index (χ0) is 12.9. The van der Waals surface area contributed by atoms with Gasteiger partial charge >= 0.3 is 5.97 Å². The van der Waals surface area contributed by atoms with Crippen molar-refractivity contribution in [2.24, 2.45) is 0 Å². The normalized spacial score (nSPS) is 15.5. The second kappa shape index (κ2) is 4.05. The van der Waals surface area contributed by atoms with E-state index >= 15 is 0 Å². The number of aromatic carboxylic acids is 1. The molecule has 3 nitrogen and oxygen atoms in total. The SMILES string of the molecule is CC(C)c1nc2cc(C3CC3)c(C(=O)O)cc2s1. The number of rotatable bonds is 3. The zero-order valence-corrected chi connectivity index (χ0v) is 11.3. The Bertz CT molecular complexity index is 626. The van der Waals surface area contributed by atoms with Crippen molar-refractivity contribution in [3.05, 3.63) is 28.3 Å². The van der Waals surface area contributed by atoms with Gasteiger partial charge in [0.25, 0.3) is 0 Å². The fraction of sp³-hybridized carbons (Fsp3) is 0.429. The van der Waals surface area contributed by atoms with E-state index in [0.29, 0.717) is 17.4 Å². The smallest absolute Gasteiger partial charge is 0.336 e. The molecular weight excluding hydrogens is 246 g/mol. The molecule has 0 saturated heterocycles. The average Bonchev–Trinajstić information content (AvgIpc) is 3.06. The minimum Gasteiger partial charge on any atom is -0.478 e. The molecule has 0 bridgehead atoms. The Morgan fingerprint density at radius 1 is 1.44 bits per heavy atom. The molecule has 0 aliphatic heterocycles. The maximum Gasteiger partial charge on any atom is 0.336 e. The summed E-state index contributed by atoms with van der Waals surface area (Å²) in [6.07, 6.45) is 2.21. The number of aromatic nitrogens is 1. The predicted molar refractivity (Wildman–Crippen MR) is 72.6 cm³/mol. The molecule has 1 fully saturated rings. The third kappa shape index (κ3) is 1.90. The standard InChI is InChI=1S/C14H15NO2S/c1-7(2)13-15-11-5-9(8-3-4-8)10(14(16)17)6-12(11)18-13/h5-8H,3-4H2,1-2H3,(H,16,17). The van der Waals surface area contributed by atoms with Crippen molar-refractivity contribution < 1.29 is 9.90 Å². The second-order valence-electron chi connectivity index (χ2n) is 5.19. The summed E-state index contributed by atoms with van der Waals surface area (Å²) in [7, 11) is 0. The lowest BCUT2D eigenvalue weighted by molar-refractivity contribution is 0.0696. The summed E-state index contributed by atoms with van der Waals surface area (Å²) in [6.45, 7) is 4.22. The van der Waals surface area contributed by atoms with Gasteiger partial charge in [0.05, 0.1) is 20.8 Å². The Labute approximate surface area is 109 Å². The topological polar surface area (TPSA) is 50.2 Å². The van der Waals surface area contributed by atoms with Crippen LogP contribution in [-0.2, 0) is 0 Å². The lowest BCUT2D eigenvalue weighted by Crippen LogP contribution is -2.01. The zero-order valence-electron chi connectivity index (χ0n) is 10.4. The molecule has 2 aromatic rings. The van der Waals surface area contributed by atoms with Crippen molar-refractivity contribution in [2.45, 2.75) is 38.5 Å². The molecule has 1 aromatic heterocycles. The highest BCUT2D eigenvalue weighted by Crippen LogP contribution is 2.43. The van der Waals surface area contributed by atoms with Crippen molar-refractivity contribution in [3.8, 4) is 0 Å². The quantitative estimate of drug-likeness (QED) is 0.908. The van der Waals surface area contributed by atoms with Crippen molar-refractivity contribution in [2.75, 3.05) is 0 Å². The highest BCUT2D eigenvalue weighted by atomic mass is 32.1. The van der Waals surface area contributed by atoms with Crippen LogP contribution in [-0.4, -0.2) is 16.1 Å². The molecule has 0 radical (unpaired) electrons. The van der Waals surface area contributed by atoms with Crippen LogP contribution in [0.5, 0.6) is 0 Å². The molecule has 1 aliphatic carbocycles. The molecule has 1 aromatic carbocycles. The molecule has 94 valence electrons. The van der Waals surface area contributed by atoms with Crippen LogP contribution in [0, 0.1) is 0 Å². The first-order valence-corrected chi connectivity index (χ1v) is 7.05. The molecule has 0 amide bonds. The van der Waals surface area contributed by atoms with Crippen LogP contribution in [0.1, 0.15) is 59.5 Å². The Morgan fingerprint density at radius 3 is 2.72 bits per heavy atom. The molecule has 0 atom stereocenters. The minimum absolute atomic E-state index is 0.389. The molecule has 4 heteroatoms. The first kappa shape index (κ1) is 11.7. The van der Waals surface area contributed by atoms with E-state index in [9.17, 15) is 9.90 Å². The Balaban J connectivity index is 2.20. The fourth-order valence-electron chi connectivity index (χ4n) is 2.17. The van der Waals surface area contributed by atoms with Crippen LogP contribution in [0.15, 0.2) is 12.1 Å². The van der Waals surface area contributed by atoms with Gasteiger partial charge in [-0.25, -0.2) is 9.78 Å². The lowest BCUT2D eigenvalue weighted by atomic mass is 10.0. The molecule has 1 aliphatic rings. The Morgan fingerprint density at radius 2 is 2.17 bits per heavy atom. The number of thiazole rings is 1. The van der Waals surface area contributed by atoms with Gasteiger partial charge in [-0.2, -0.15) is 0 Å². The summed E-state index contributed by atoms with van der Waals surface area (Å²) in [4.78, 5) is 15.9. The molecule has 3 rings (SSSR count).